The van der Waals surface area contributed by atoms with Crippen LogP contribution in [-0.2, 0) is 9.53 Å². The molecule has 1 unspecified atom stereocenters. The van der Waals surface area contributed by atoms with Crippen molar-refractivity contribution in [1.82, 2.24) is 5.32 Å². The zero-order valence-corrected chi connectivity index (χ0v) is 11.6. The van der Waals surface area contributed by atoms with E-state index in [-0.39, 0.29) is 5.92 Å². The standard InChI is InChI=1S/C12H23NO7/c1-3-6(2)8(11(18)19)13-12(5-15)10(17)9(16)7(4-14)20-12/h6-10,13-17H,3-5H2,1-2H3,(H,18,19)/t6-,7+,8-,9+,10-,12?/m0/s1. The Morgan fingerprint density at radius 2 is 2.00 bits per heavy atom. The third-order valence-electron chi connectivity index (χ3n) is 3.84. The molecule has 1 rings (SSSR count). The first-order valence-electron chi connectivity index (χ1n) is 6.59. The number of ether oxygens (including phenoxy) is 1. The zero-order chi connectivity index (χ0) is 15.5. The van der Waals surface area contributed by atoms with E-state index in [9.17, 15) is 25.2 Å². The quantitative estimate of drug-likeness (QED) is 0.313. The number of aliphatic carboxylic acids is 1. The van der Waals surface area contributed by atoms with Gasteiger partial charge in [-0.15, -0.1) is 0 Å². The molecule has 0 spiro atoms. The molecule has 0 radical (unpaired) electrons. The van der Waals surface area contributed by atoms with Crippen LogP contribution in [0.4, 0.5) is 0 Å². The SMILES string of the molecule is CC[C@H](C)[C@H](NC1(CO)O[C@H](CO)[C@@H](O)[C@@H]1O)C(=O)O. The summed E-state index contributed by atoms with van der Waals surface area (Å²) in [4.78, 5) is 11.3. The maximum Gasteiger partial charge on any atom is 0.321 e. The van der Waals surface area contributed by atoms with E-state index in [1.54, 1.807) is 6.92 Å². The predicted molar refractivity (Wildman–Crippen MR) is 67.8 cm³/mol. The van der Waals surface area contributed by atoms with Crippen LogP contribution in [0.2, 0.25) is 0 Å². The summed E-state index contributed by atoms with van der Waals surface area (Å²) >= 11 is 0. The van der Waals surface area contributed by atoms with Crippen LogP contribution in [-0.4, -0.2) is 74.8 Å². The van der Waals surface area contributed by atoms with Crippen LogP contribution in [0.1, 0.15) is 20.3 Å². The van der Waals surface area contributed by atoms with Gasteiger partial charge >= 0.3 is 5.97 Å². The number of nitrogens with one attached hydrogen (secondary N) is 1. The molecule has 0 aromatic heterocycles. The smallest absolute Gasteiger partial charge is 0.321 e. The average molecular weight is 293 g/mol. The third kappa shape index (κ3) is 3.11. The van der Waals surface area contributed by atoms with Gasteiger partial charge in [-0.1, -0.05) is 20.3 Å². The average Bonchev–Trinajstić information content (AvgIpc) is 2.68. The highest BCUT2D eigenvalue weighted by molar-refractivity contribution is 5.74. The van der Waals surface area contributed by atoms with E-state index in [2.05, 4.69) is 5.32 Å². The number of aliphatic hydroxyl groups is 4. The zero-order valence-electron chi connectivity index (χ0n) is 11.6. The molecule has 1 heterocycles. The summed E-state index contributed by atoms with van der Waals surface area (Å²) in [6, 6.07) is -1.06. The molecule has 6 N–H and O–H groups in total. The van der Waals surface area contributed by atoms with E-state index in [0.717, 1.165) is 0 Å². The number of carbonyl (C=O) groups is 1. The second-order valence-corrected chi connectivity index (χ2v) is 5.17. The van der Waals surface area contributed by atoms with Crippen LogP contribution in [0.15, 0.2) is 0 Å². The van der Waals surface area contributed by atoms with Crippen molar-refractivity contribution >= 4 is 5.97 Å². The first kappa shape index (κ1) is 17.3. The van der Waals surface area contributed by atoms with Crippen molar-refractivity contribution in [3.05, 3.63) is 0 Å². The van der Waals surface area contributed by atoms with Gasteiger partial charge < -0.3 is 30.3 Å². The minimum atomic E-state index is -1.81. The minimum Gasteiger partial charge on any atom is -0.480 e. The van der Waals surface area contributed by atoms with Gasteiger partial charge in [0.2, 0.25) is 0 Å². The van der Waals surface area contributed by atoms with Gasteiger partial charge in [0.15, 0.2) is 5.72 Å². The number of carboxylic acid groups (broad SMARTS) is 1. The van der Waals surface area contributed by atoms with E-state index in [4.69, 9.17) is 9.84 Å². The molecule has 1 aliphatic rings. The van der Waals surface area contributed by atoms with E-state index in [0.29, 0.717) is 6.42 Å². The Kier molecular flexibility index (Phi) is 5.87. The Morgan fingerprint density at radius 3 is 2.35 bits per heavy atom. The summed E-state index contributed by atoms with van der Waals surface area (Å²) in [6.45, 7) is 2.23. The lowest BCUT2D eigenvalue weighted by molar-refractivity contribution is -0.161. The largest absolute Gasteiger partial charge is 0.480 e. The van der Waals surface area contributed by atoms with Gasteiger partial charge in [0.05, 0.1) is 13.2 Å². The third-order valence-corrected chi connectivity index (χ3v) is 3.84. The summed E-state index contributed by atoms with van der Waals surface area (Å²) in [6.07, 6.45) is -3.48. The van der Waals surface area contributed by atoms with E-state index < -0.39 is 49.3 Å². The highest BCUT2D eigenvalue weighted by Crippen LogP contribution is 2.30. The highest BCUT2D eigenvalue weighted by atomic mass is 16.6. The predicted octanol–water partition coefficient (Wildman–Crippen LogP) is -2.12. The molecule has 1 fully saturated rings. The summed E-state index contributed by atoms with van der Waals surface area (Å²) in [5.74, 6) is -1.43. The molecule has 0 aromatic carbocycles. The monoisotopic (exact) mass is 293 g/mol. The number of hydrogen-bond acceptors (Lipinski definition) is 7. The van der Waals surface area contributed by atoms with Crippen molar-refractivity contribution in [3.63, 3.8) is 0 Å². The molecule has 0 bridgehead atoms. The maximum absolute atomic E-state index is 11.3. The van der Waals surface area contributed by atoms with Crippen molar-refractivity contribution in [1.29, 1.82) is 0 Å². The van der Waals surface area contributed by atoms with Gasteiger partial charge in [-0.3, -0.25) is 10.1 Å². The van der Waals surface area contributed by atoms with Crippen LogP contribution in [0.25, 0.3) is 0 Å². The molecule has 8 heteroatoms. The first-order valence-corrected chi connectivity index (χ1v) is 6.59. The molecule has 20 heavy (non-hydrogen) atoms. The van der Waals surface area contributed by atoms with Gasteiger partial charge in [0.25, 0.3) is 0 Å². The molecule has 0 amide bonds. The highest BCUT2D eigenvalue weighted by Gasteiger charge is 2.55. The minimum absolute atomic E-state index is 0.281. The number of hydrogen-bond donors (Lipinski definition) is 6. The molecule has 0 saturated carbocycles. The van der Waals surface area contributed by atoms with Gasteiger partial charge in [-0.05, 0) is 5.92 Å². The Morgan fingerprint density at radius 1 is 1.40 bits per heavy atom. The lowest BCUT2D eigenvalue weighted by atomic mass is 9.95. The summed E-state index contributed by atoms with van der Waals surface area (Å²) in [7, 11) is 0. The molecule has 1 saturated heterocycles. The molecule has 6 atom stereocenters. The fourth-order valence-corrected chi connectivity index (χ4v) is 2.28. The van der Waals surface area contributed by atoms with Crippen molar-refractivity contribution in [2.75, 3.05) is 13.2 Å². The lowest BCUT2D eigenvalue weighted by Gasteiger charge is -2.35. The fourth-order valence-electron chi connectivity index (χ4n) is 2.28. The Hall–Kier alpha value is -0.770. The van der Waals surface area contributed by atoms with Gasteiger partial charge in [0.1, 0.15) is 24.4 Å². The van der Waals surface area contributed by atoms with Gasteiger partial charge in [-0.25, -0.2) is 0 Å². The van der Waals surface area contributed by atoms with E-state index in [1.165, 1.54) is 0 Å². The van der Waals surface area contributed by atoms with Crippen LogP contribution < -0.4 is 5.32 Å². The van der Waals surface area contributed by atoms with Gasteiger partial charge in [-0.2, -0.15) is 0 Å². The number of carboxylic acids is 1. The molecule has 118 valence electrons. The Labute approximate surface area is 117 Å². The lowest BCUT2D eigenvalue weighted by Crippen LogP contribution is -2.63. The van der Waals surface area contributed by atoms with Crippen LogP contribution in [0.3, 0.4) is 0 Å². The fraction of sp³-hybridized carbons (Fsp3) is 0.917. The van der Waals surface area contributed by atoms with Crippen molar-refractivity contribution < 1.29 is 35.1 Å². The van der Waals surface area contributed by atoms with Crippen molar-refractivity contribution in [2.24, 2.45) is 5.92 Å². The summed E-state index contributed by atoms with van der Waals surface area (Å²) < 4.78 is 5.27. The Bertz CT molecular complexity index is 340. The number of rotatable bonds is 7. The van der Waals surface area contributed by atoms with Crippen molar-refractivity contribution in [3.8, 4) is 0 Å². The first-order chi connectivity index (χ1) is 9.32. The second kappa shape index (κ2) is 6.79. The molecule has 8 nitrogen and oxygen atoms in total. The van der Waals surface area contributed by atoms with E-state index >= 15 is 0 Å². The molecule has 0 aromatic rings. The number of aliphatic hydroxyl groups excluding tert-OH is 4. The van der Waals surface area contributed by atoms with Crippen LogP contribution in [0, 0.1) is 5.92 Å². The second-order valence-electron chi connectivity index (χ2n) is 5.17. The van der Waals surface area contributed by atoms with Crippen LogP contribution >= 0.6 is 0 Å². The van der Waals surface area contributed by atoms with Crippen molar-refractivity contribution in [2.45, 2.75) is 50.3 Å². The molecule has 1 aliphatic heterocycles. The van der Waals surface area contributed by atoms with Crippen LogP contribution in [0.5, 0.6) is 0 Å². The molecular weight excluding hydrogens is 270 g/mol. The molecular formula is C12H23NO7. The Balaban J connectivity index is 2.97. The van der Waals surface area contributed by atoms with Gasteiger partial charge in [0, 0.05) is 0 Å². The summed E-state index contributed by atoms with van der Waals surface area (Å²) in [5, 5.41) is 50.1. The normalized spacial score (nSPS) is 36.8. The topological polar surface area (TPSA) is 139 Å². The van der Waals surface area contributed by atoms with E-state index in [1.807, 2.05) is 6.92 Å². The molecule has 0 aliphatic carbocycles. The maximum atomic E-state index is 11.3. The summed E-state index contributed by atoms with van der Waals surface area (Å²) in [5.41, 5.74) is -1.81.